The zero-order valence-corrected chi connectivity index (χ0v) is 13.9. The second-order valence-corrected chi connectivity index (χ2v) is 7.90. The first kappa shape index (κ1) is 16.4. The molecule has 1 heterocycles. The highest BCUT2D eigenvalue weighted by atomic mass is 19.1. The van der Waals surface area contributed by atoms with Gasteiger partial charge in [-0.25, -0.2) is 4.39 Å². The first-order valence-corrected chi connectivity index (χ1v) is 9.64. The van der Waals surface area contributed by atoms with Crippen LogP contribution in [0.4, 0.5) is 4.39 Å². The lowest BCUT2D eigenvalue weighted by molar-refractivity contribution is -0.129. The molecular weight excluding hydrogens is 277 g/mol. The smallest absolute Gasteiger partial charge is 0.140 e. The van der Waals surface area contributed by atoms with Gasteiger partial charge in [0.2, 0.25) is 0 Å². The van der Waals surface area contributed by atoms with Crippen molar-refractivity contribution in [1.82, 2.24) is 4.90 Å². The molecule has 0 amide bonds. The maximum atomic E-state index is 14.1. The Kier molecular flexibility index (Phi) is 5.89. The van der Waals surface area contributed by atoms with Gasteiger partial charge in [-0.3, -0.25) is 4.79 Å². The van der Waals surface area contributed by atoms with Crippen LogP contribution in [0.1, 0.15) is 70.6 Å². The summed E-state index contributed by atoms with van der Waals surface area (Å²) in [6.07, 6.45) is 11.6. The topological polar surface area (TPSA) is 20.3 Å². The fourth-order valence-corrected chi connectivity index (χ4v) is 4.87. The predicted molar refractivity (Wildman–Crippen MR) is 87.6 cm³/mol. The molecule has 3 rings (SSSR count). The molecule has 3 unspecified atom stereocenters. The molecule has 3 fully saturated rings. The van der Waals surface area contributed by atoms with Crippen LogP contribution in [-0.4, -0.2) is 36.5 Å². The molecule has 0 bridgehead atoms. The molecule has 2 aliphatic carbocycles. The van der Waals surface area contributed by atoms with Crippen molar-refractivity contribution in [2.45, 2.75) is 76.8 Å². The standard InChI is InChI=1S/C19H32FNO/c20-18-11-5-4-9-16(18)13-21-12-6-10-17(14-21)19(22)15-7-2-1-3-8-15/h15-18H,1-14H2. The lowest BCUT2D eigenvalue weighted by atomic mass is 9.79. The summed E-state index contributed by atoms with van der Waals surface area (Å²) in [6, 6.07) is 0. The van der Waals surface area contributed by atoms with E-state index in [1.165, 1.54) is 25.7 Å². The van der Waals surface area contributed by atoms with Gasteiger partial charge in [-0.2, -0.15) is 0 Å². The third kappa shape index (κ3) is 4.10. The van der Waals surface area contributed by atoms with Crippen molar-refractivity contribution in [1.29, 1.82) is 0 Å². The number of carbonyl (C=O) groups excluding carboxylic acids is 1. The van der Waals surface area contributed by atoms with E-state index in [4.69, 9.17) is 0 Å². The number of likely N-dealkylation sites (tertiary alicyclic amines) is 1. The minimum Gasteiger partial charge on any atom is -0.302 e. The quantitative estimate of drug-likeness (QED) is 0.768. The molecule has 0 spiro atoms. The third-order valence-electron chi connectivity index (χ3n) is 6.22. The number of carbonyl (C=O) groups is 1. The van der Waals surface area contributed by atoms with E-state index < -0.39 is 6.17 Å². The number of Topliss-reactive ketones (excluding diaryl/α,β-unsaturated/α-hetero) is 1. The Labute approximate surface area is 134 Å². The molecule has 22 heavy (non-hydrogen) atoms. The van der Waals surface area contributed by atoms with Crippen molar-refractivity contribution in [3.8, 4) is 0 Å². The summed E-state index contributed by atoms with van der Waals surface area (Å²) < 4.78 is 14.1. The van der Waals surface area contributed by atoms with E-state index >= 15 is 0 Å². The Hall–Kier alpha value is -0.440. The molecule has 3 atom stereocenters. The summed E-state index contributed by atoms with van der Waals surface area (Å²) in [5.74, 6) is 1.32. The Balaban J connectivity index is 1.51. The predicted octanol–water partition coefficient (Wildman–Crippen LogP) is 4.38. The Morgan fingerprint density at radius 3 is 2.32 bits per heavy atom. The van der Waals surface area contributed by atoms with Crippen LogP contribution in [0, 0.1) is 17.8 Å². The Morgan fingerprint density at radius 1 is 0.864 bits per heavy atom. The van der Waals surface area contributed by atoms with Crippen molar-refractivity contribution in [2.75, 3.05) is 19.6 Å². The molecule has 2 nitrogen and oxygen atoms in total. The van der Waals surface area contributed by atoms with E-state index in [2.05, 4.69) is 4.90 Å². The third-order valence-corrected chi connectivity index (χ3v) is 6.22. The number of ketones is 1. The monoisotopic (exact) mass is 309 g/mol. The lowest BCUT2D eigenvalue weighted by Crippen LogP contribution is -2.44. The minimum absolute atomic E-state index is 0.220. The lowest BCUT2D eigenvalue weighted by Gasteiger charge is -2.37. The molecule has 126 valence electrons. The Bertz CT molecular complexity index is 366. The van der Waals surface area contributed by atoms with Gasteiger partial charge in [0.25, 0.3) is 0 Å². The fraction of sp³-hybridized carbons (Fsp3) is 0.947. The molecule has 1 aliphatic heterocycles. The van der Waals surface area contributed by atoms with E-state index in [9.17, 15) is 9.18 Å². The number of halogens is 1. The van der Waals surface area contributed by atoms with Gasteiger partial charge in [-0.1, -0.05) is 32.1 Å². The highest BCUT2D eigenvalue weighted by molar-refractivity contribution is 5.83. The summed E-state index contributed by atoms with van der Waals surface area (Å²) in [5.41, 5.74) is 0. The van der Waals surface area contributed by atoms with Crippen LogP contribution < -0.4 is 0 Å². The normalized spacial score (nSPS) is 35.4. The highest BCUT2D eigenvalue weighted by Gasteiger charge is 2.33. The van der Waals surface area contributed by atoms with Crippen molar-refractivity contribution in [3.05, 3.63) is 0 Å². The van der Waals surface area contributed by atoms with E-state index in [0.717, 1.165) is 64.6 Å². The second-order valence-electron chi connectivity index (χ2n) is 7.90. The van der Waals surface area contributed by atoms with E-state index in [0.29, 0.717) is 11.7 Å². The fourth-order valence-electron chi connectivity index (χ4n) is 4.87. The molecular formula is C19H32FNO. The summed E-state index contributed by atoms with van der Waals surface area (Å²) in [7, 11) is 0. The number of hydrogen-bond donors (Lipinski definition) is 0. The van der Waals surface area contributed by atoms with Crippen LogP contribution in [0.3, 0.4) is 0 Å². The van der Waals surface area contributed by atoms with Crippen LogP contribution in [-0.2, 0) is 4.79 Å². The van der Waals surface area contributed by atoms with Crippen LogP contribution in [0.5, 0.6) is 0 Å². The molecule has 3 aliphatic rings. The molecule has 2 saturated carbocycles. The van der Waals surface area contributed by atoms with E-state index in [1.807, 2.05) is 0 Å². The van der Waals surface area contributed by atoms with Gasteiger partial charge in [0.05, 0.1) is 0 Å². The van der Waals surface area contributed by atoms with Gasteiger partial charge < -0.3 is 4.90 Å². The molecule has 0 aromatic rings. The number of rotatable bonds is 4. The van der Waals surface area contributed by atoms with Gasteiger partial charge >= 0.3 is 0 Å². The number of nitrogens with zero attached hydrogens (tertiary/aromatic N) is 1. The minimum atomic E-state index is -0.608. The summed E-state index contributed by atoms with van der Waals surface area (Å²) in [4.78, 5) is 15.2. The van der Waals surface area contributed by atoms with Gasteiger partial charge in [0.1, 0.15) is 12.0 Å². The van der Waals surface area contributed by atoms with Crippen molar-refractivity contribution >= 4 is 5.78 Å². The first-order chi connectivity index (χ1) is 10.7. The van der Waals surface area contributed by atoms with E-state index in [1.54, 1.807) is 0 Å². The molecule has 0 aromatic heterocycles. The largest absolute Gasteiger partial charge is 0.302 e. The number of hydrogen-bond acceptors (Lipinski definition) is 2. The van der Waals surface area contributed by atoms with Crippen molar-refractivity contribution < 1.29 is 9.18 Å². The summed E-state index contributed by atoms with van der Waals surface area (Å²) >= 11 is 0. The molecule has 1 saturated heterocycles. The molecule has 3 heteroatoms. The highest BCUT2D eigenvalue weighted by Crippen LogP contribution is 2.32. The van der Waals surface area contributed by atoms with Crippen LogP contribution in [0.25, 0.3) is 0 Å². The average Bonchev–Trinajstić information content (AvgIpc) is 2.57. The van der Waals surface area contributed by atoms with Gasteiger partial charge in [0, 0.05) is 30.8 Å². The molecule has 0 N–H and O–H groups in total. The van der Waals surface area contributed by atoms with Gasteiger partial charge in [0.15, 0.2) is 0 Å². The number of piperidine rings is 1. The SMILES string of the molecule is O=C(C1CCCCC1)C1CCCN(CC2CCCCC2F)C1. The van der Waals surface area contributed by atoms with Crippen LogP contribution in [0.2, 0.25) is 0 Å². The van der Waals surface area contributed by atoms with Crippen LogP contribution >= 0.6 is 0 Å². The second kappa shape index (κ2) is 7.90. The zero-order valence-electron chi connectivity index (χ0n) is 13.9. The van der Waals surface area contributed by atoms with Crippen molar-refractivity contribution in [2.24, 2.45) is 17.8 Å². The van der Waals surface area contributed by atoms with Gasteiger partial charge in [-0.05, 0) is 45.1 Å². The van der Waals surface area contributed by atoms with Crippen molar-refractivity contribution in [3.63, 3.8) is 0 Å². The van der Waals surface area contributed by atoms with Gasteiger partial charge in [-0.15, -0.1) is 0 Å². The van der Waals surface area contributed by atoms with Crippen LogP contribution in [0.15, 0.2) is 0 Å². The maximum absolute atomic E-state index is 14.1. The molecule has 0 aromatic carbocycles. The number of alkyl halides is 1. The first-order valence-electron chi connectivity index (χ1n) is 9.64. The maximum Gasteiger partial charge on any atom is 0.140 e. The molecule has 0 radical (unpaired) electrons. The Morgan fingerprint density at radius 2 is 1.55 bits per heavy atom. The average molecular weight is 309 g/mol. The summed E-state index contributed by atoms with van der Waals surface area (Å²) in [5, 5.41) is 0. The zero-order chi connectivity index (χ0) is 15.4. The van der Waals surface area contributed by atoms with E-state index in [-0.39, 0.29) is 11.8 Å². The summed E-state index contributed by atoms with van der Waals surface area (Å²) in [6.45, 7) is 2.85.